The van der Waals surface area contributed by atoms with Gasteiger partial charge in [-0.25, -0.2) is 4.79 Å². The van der Waals surface area contributed by atoms with Gasteiger partial charge in [0, 0.05) is 32.6 Å². The highest BCUT2D eigenvalue weighted by Crippen LogP contribution is 2.15. The van der Waals surface area contributed by atoms with Gasteiger partial charge in [0.1, 0.15) is 0 Å². The summed E-state index contributed by atoms with van der Waals surface area (Å²) in [6.07, 6.45) is 0.717. The Kier molecular flexibility index (Phi) is 5.41. The molecule has 1 heterocycles. The first-order valence-electron chi connectivity index (χ1n) is 6.06. The molecule has 3 amide bonds. The van der Waals surface area contributed by atoms with E-state index < -0.39 is 11.9 Å². The summed E-state index contributed by atoms with van der Waals surface area (Å²) in [5.41, 5.74) is 0. The summed E-state index contributed by atoms with van der Waals surface area (Å²) >= 11 is 0. The molecule has 7 nitrogen and oxygen atoms in total. The summed E-state index contributed by atoms with van der Waals surface area (Å²) in [6.45, 7) is 3.34. The maximum Gasteiger partial charge on any atom is 0.317 e. The van der Waals surface area contributed by atoms with Crippen LogP contribution in [0.5, 0.6) is 0 Å². The Hall–Kier alpha value is -1.79. The highest BCUT2D eigenvalue weighted by molar-refractivity contribution is 5.79. The number of urea groups is 1. The van der Waals surface area contributed by atoms with Gasteiger partial charge in [0.05, 0.1) is 5.92 Å². The van der Waals surface area contributed by atoms with Crippen molar-refractivity contribution in [2.45, 2.75) is 19.8 Å². The number of rotatable bonds is 5. The highest BCUT2D eigenvalue weighted by Gasteiger charge is 2.30. The Morgan fingerprint density at radius 3 is 2.61 bits per heavy atom. The van der Waals surface area contributed by atoms with Crippen molar-refractivity contribution in [2.24, 2.45) is 5.92 Å². The van der Waals surface area contributed by atoms with Gasteiger partial charge < -0.3 is 20.6 Å². The number of nitrogens with one attached hydrogen (secondary N) is 2. The van der Waals surface area contributed by atoms with Crippen molar-refractivity contribution in [3.8, 4) is 0 Å². The second kappa shape index (κ2) is 6.83. The van der Waals surface area contributed by atoms with Crippen LogP contribution in [-0.2, 0) is 9.59 Å². The van der Waals surface area contributed by atoms with E-state index in [9.17, 15) is 14.4 Å². The lowest BCUT2D eigenvalue weighted by atomic mass is 10.1. The maximum atomic E-state index is 11.6. The first-order valence-corrected chi connectivity index (χ1v) is 6.06. The number of carbonyl (C=O) groups is 3. The van der Waals surface area contributed by atoms with Crippen molar-refractivity contribution < 1.29 is 19.5 Å². The number of likely N-dealkylation sites (tertiary alicyclic amines) is 1. The Bertz CT molecular complexity index is 332. The van der Waals surface area contributed by atoms with E-state index in [-0.39, 0.29) is 31.4 Å². The van der Waals surface area contributed by atoms with Crippen LogP contribution in [0.4, 0.5) is 4.79 Å². The third-order valence-electron chi connectivity index (χ3n) is 2.83. The van der Waals surface area contributed by atoms with Crippen LogP contribution in [0, 0.1) is 5.92 Å². The fourth-order valence-corrected chi connectivity index (χ4v) is 1.83. The SMILES string of the molecule is CCNC(=O)CCNC(=O)N1CCC(C(=O)O)C1. The van der Waals surface area contributed by atoms with Crippen LogP contribution in [0.2, 0.25) is 0 Å². The zero-order chi connectivity index (χ0) is 13.5. The van der Waals surface area contributed by atoms with Gasteiger partial charge in [0.25, 0.3) is 0 Å². The quantitative estimate of drug-likeness (QED) is 0.625. The molecule has 0 radical (unpaired) electrons. The molecule has 1 fully saturated rings. The number of carboxylic acid groups (broad SMARTS) is 1. The molecule has 3 N–H and O–H groups in total. The van der Waals surface area contributed by atoms with Crippen molar-refractivity contribution in [3.63, 3.8) is 0 Å². The van der Waals surface area contributed by atoms with Crippen LogP contribution >= 0.6 is 0 Å². The summed E-state index contributed by atoms with van der Waals surface area (Å²) in [7, 11) is 0. The number of aliphatic carboxylic acids is 1. The predicted molar refractivity (Wildman–Crippen MR) is 64.0 cm³/mol. The first-order chi connectivity index (χ1) is 8.54. The number of hydrogen-bond acceptors (Lipinski definition) is 3. The van der Waals surface area contributed by atoms with Crippen LogP contribution in [0.15, 0.2) is 0 Å². The molecule has 1 aliphatic rings. The smallest absolute Gasteiger partial charge is 0.317 e. The largest absolute Gasteiger partial charge is 0.481 e. The van der Waals surface area contributed by atoms with Crippen LogP contribution in [-0.4, -0.2) is 54.1 Å². The summed E-state index contributed by atoms with van der Waals surface area (Å²) in [4.78, 5) is 35.0. The van der Waals surface area contributed by atoms with E-state index >= 15 is 0 Å². The number of carbonyl (C=O) groups excluding carboxylic acids is 2. The van der Waals surface area contributed by atoms with Crippen molar-refractivity contribution in [1.82, 2.24) is 15.5 Å². The molecule has 0 saturated carbocycles. The van der Waals surface area contributed by atoms with Gasteiger partial charge in [-0.15, -0.1) is 0 Å². The minimum absolute atomic E-state index is 0.109. The molecule has 0 bridgehead atoms. The Balaban J connectivity index is 2.22. The molecule has 1 unspecified atom stereocenters. The summed E-state index contributed by atoms with van der Waals surface area (Å²) < 4.78 is 0. The lowest BCUT2D eigenvalue weighted by Gasteiger charge is -2.16. The van der Waals surface area contributed by atoms with Crippen molar-refractivity contribution in [3.05, 3.63) is 0 Å². The maximum absolute atomic E-state index is 11.6. The number of amides is 3. The van der Waals surface area contributed by atoms with Crippen molar-refractivity contribution in [2.75, 3.05) is 26.2 Å². The summed E-state index contributed by atoms with van der Waals surface area (Å²) in [6, 6.07) is -0.303. The Labute approximate surface area is 106 Å². The molecule has 1 rings (SSSR count). The first kappa shape index (κ1) is 14.3. The average molecular weight is 257 g/mol. The van der Waals surface area contributed by atoms with Crippen LogP contribution in [0.25, 0.3) is 0 Å². The van der Waals surface area contributed by atoms with Gasteiger partial charge in [0.2, 0.25) is 5.91 Å². The topological polar surface area (TPSA) is 98.7 Å². The Morgan fingerprint density at radius 1 is 1.33 bits per heavy atom. The summed E-state index contributed by atoms with van der Waals surface area (Å²) in [5.74, 6) is -1.45. The molecule has 0 aromatic carbocycles. The van der Waals surface area contributed by atoms with Gasteiger partial charge in [0.15, 0.2) is 0 Å². The molecule has 7 heteroatoms. The van der Waals surface area contributed by atoms with Crippen molar-refractivity contribution >= 4 is 17.9 Å². The van der Waals surface area contributed by atoms with Gasteiger partial charge in [-0.2, -0.15) is 0 Å². The predicted octanol–water partition coefficient (Wildman–Crippen LogP) is -0.371. The fourth-order valence-electron chi connectivity index (χ4n) is 1.83. The van der Waals surface area contributed by atoms with Gasteiger partial charge in [-0.1, -0.05) is 0 Å². The summed E-state index contributed by atoms with van der Waals surface area (Å²) in [5, 5.41) is 14.0. The van der Waals surface area contributed by atoms with Gasteiger partial charge in [-0.3, -0.25) is 9.59 Å². The average Bonchev–Trinajstić information content (AvgIpc) is 2.78. The lowest BCUT2D eigenvalue weighted by molar-refractivity contribution is -0.141. The number of carboxylic acids is 1. The monoisotopic (exact) mass is 257 g/mol. The molecule has 0 spiro atoms. The number of nitrogens with zero attached hydrogens (tertiary/aromatic N) is 1. The molecule has 1 atom stereocenters. The molecular formula is C11H19N3O4. The normalized spacial score (nSPS) is 18.5. The van der Waals surface area contributed by atoms with E-state index in [1.54, 1.807) is 0 Å². The fraction of sp³-hybridized carbons (Fsp3) is 0.727. The van der Waals surface area contributed by atoms with E-state index in [1.165, 1.54) is 4.90 Å². The number of hydrogen-bond donors (Lipinski definition) is 3. The van der Waals surface area contributed by atoms with Crippen LogP contribution in [0.1, 0.15) is 19.8 Å². The molecule has 18 heavy (non-hydrogen) atoms. The molecule has 1 aliphatic heterocycles. The van der Waals surface area contributed by atoms with E-state index in [4.69, 9.17) is 5.11 Å². The minimum Gasteiger partial charge on any atom is -0.481 e. The molecular weight excluding hydrogens is 238 g/mol. The van der Waals surface area contributed by atoms with Gasteiger partial charge in [-0.05, 0) is 13.3 Å². The second-order valence-corrected chi connectivity index (χ2v) is 4.21. The van der Waals surface area contributed by atoms with Crippen LogP contribution in [0.3, 0.4) is 0 Å². The highest BCUT2D eigenvalue weighted by atomic mass is 16.4. The van der Waals surface area contributed by atoms with Gasteiger partial charge >= 0.3 is 12.0 Å². The lowest BCUT2D eigenvalue weighted by Crippen LogP contribution is -2.40. The van der Waals surface area contributed by atoms with E-state index in [0.717, 1.165) is 0 Å². The molecule has 102 valence electrons. The van der Waals surface area contributed by atoms with E-state index in [0.29, 0.717) is 19.5 Å². The zero-order valence-corrected chi connectivity index (χ0v) is 10.4. The van der Waals surface area contributed by atoms with E-state index in [2.05, 4.69) is 10.6 Å². The zero-order valence-electron chi connectivity index (χ0n) is 10.4. The third kappa shape index (κ3) is 4.23. The minimum atomic E-state index is -0.868. The third-order valence-corrected chi connectivity index (χ3v) is 2.83. The molecule has 0 aliphatic carbocycles. The Morgan fingerprint density at radius 2 is 2.06 bits per heavy atom. The molecule has 0 aromatic rings. The molecule has 1 saturated heterocycles. The van der Waals surface area contributed by atoms with E-state index in [1.807, 2.05) is 6.92 Å². The van der Waals surface area contributed by atoms with Crippen molar-refractivity contribution in [1.29, 1.82) is 0 Å². The second-order valence-electron chi connectivity index (χ2n) is 4.21. The standard InChI is InChI=1S/C11H19N3O4/c1-2-12-9(15)3-5-13-11(18)14-6-4-8(7-14)10(16)17/h8H,2-7H2,1H3,(H,12,15)(H,13,18)(H,16,17). The molecule has 0 aromatic heterocycles. The van der Waals surface area contributed by atoms with Crippen LogP contribution < -0.4 is 10.6 Å².